The Balaban J connectivity index is 1.57. The maximum absolute atomic E-state index is 12.1. The number of ether oxygens (including phenoxy) is 1. The van der Waals surface area contributed by atoms with E-state index in [1.165, 1.54) is 0 Å². The number of rotatable bonds is 6. The molecule has 0 spiro atoms. The SMILES string of the molecule is CCOc1nccnc1N1CCC(NC(=O)Cc2ccsc2)C1. The molecule has 1 fully saturated rings. The molecule has 1 saturated heterocycles. The molecule has 7 heteroatoms. The first-order chi connectivity index (χ1) is 11.3. The molecule has 3 rings (SSSR count). The molecule has 1 aliphatic rings. The molecular formula is C16H20N4O2S. The van der Waals surface area contributed by atoms with E-state index in [0.717, 1.165) is 30.9 Å². The average molecular weight is 332 g/mol. The van der Waals surface area contributed by atoms with Gasteiger partial charge < -0.3 is 15.0 Å². The molecule has 1 N–H and O–H groups in total. The van der Waals surface area contributed by atoms with Gasteiger partial charge in [0.2, 0.25) is 5.91 Å². The third kappa shape index (κ3) is 3.98. The van der Waals surface area contributed by atoms with Gasteiger partial charge in [-0.3, -0.25) is 4.79 Å². The molecule has 1 amide bonds. The minimum absolute atomic E-state index is 0.0689. The van der Waals surface area contributed by atoms with Crippen molar-refractivity contribution in [3.63, 3.8) is 0 Å². The van der Waals surface area contributed by atoms with Gasteiger partial charge in [-0.2, -0.15) is 11.3 Å². The van der Waals surface area contributed by atoms with Gasteiger partial charge in [-0.05, 0) is 35.7 Å². The van der Waals surface area contributed by atoms with Crippen LogP contribution in [-0.2, 0) is 11.2 Å². The Hall–Kier alpha value is -2.15. The molecule has 0 aromatic carbocycles. The van der Waals surface area contributed by atoms with Crippen molar-refractivity contribution in [3.05, 3.63) is 34.8 Å². The Morgan fingerprint density at radius 3 is 3.13 bits per heavy atom. The van der Waals surface area contributed by atoms with E-state index in [1.807, 2.05) is 23.8 Å². The largest absolute Gasteiger partial charge is 0.475 e. The fourth-order valence-corrected chi connectivity index (χ4v) is 3.37. The van der Waals surface area contributed by atoms with Crippen LogP contribution >= 0.6 is 11.3 Å². The summed E-state index contributed by atoms with van der Waals surface area (Å²) in [6.45, 7) is 4.05. The standard InChI is InChI=1S/C16H20N4O2S/c1-2-22-16-15(17-5-6-18-16)20-7-3-13(10-20)19-14(21)9-12-4-8-23-11-12/h4-6,8,11,13H,2-3,7,9-10H2,1H3,(H,19,21). The van der Waals surface area contributed by atoms with Crippen molar-refractivity contribution in [1.82, 2.24) is 15.3 Å². The summed E-state index contributed by atoms with van der Waals surface area (Å²) in [6.07, 6.45) is 4.64. The van der Waals surface area contributed by atoms with Crippen LogP contribution in [0.25, 0.3) is 0 Å². The van der Waals surface area contributed by atoms with Crippen LogP contribution in [0.3, 0.4) is 0 Å². The molecular weight excluding hydrogens is 312 g/mol. The fraction of sp³-hybridized carbons (Fsp3) is 0.438. The number of nitrogens with zero attached hydrogens (tertiary/aromatic N) is 3. The van der Waals surface area contributed by atoms with E-state index < -0.39 is 0 Å². The highest BCUT2D eigenvalue weighted by molar-refractivity contribution is 7.07. The van der Waals surface area contributed by atoms with Crippen LogP contribution in [0.2, 0.25) is 0 Å². The minimum Gasteiger partial charge on any atom is -0.475 e. The van der Waals surface area contributed by atoms with Crippen molar-refractivity contribution in [2.75, 3.05) is 24.6 Å². The highest BCUT2D eigenvalue weighted by atomic mass is 32.1. The maximum atomic E-state index is 12.1. The summed E-state index contributed by atoms with van der Waals surface area (Å²) in [4.78, 5) is 22.8. The summed E-state index contributed by atoms with van der Waals surface area (Å²) in [7, 11) is 0. The van der Waals surface area contributed by atoms with Gasteiger partial charge in [0.25, 0.3) is 5.88 Å². The van der Waals surface area contributed by atoms with E-state index in [4.69, 9.17) is 4.74 Å². The molecule has 0 aliphatic carbocycles. The normalized spacial score (nSPS) is 17.3. The topological polar surface area (TPSA) is 67.4 Å². The summed E-state index contributed by atoms with van der Waals surface area (Å²) in [5.74, 6) is 1.38. The van der Waals surface area contributed by atoms with Crippen molar-refractivity contribution >= 4 is 23.1 Å². The van der Waals surface area contributed by atoms with Gasteiger partial charge in [0.05, 0.1) is 13.0 Å². The number of thiophene rings is 1. The van der Waals surface area contributed by atoms with Crippen LogP contribution in [0.15, 0.2) is 29.2 Å². The monoisotopic (exact) mass is 332 g/mol. The Kier molecular flexibility index (Phi) is 5.07. The number of amides is 1. The second-order valence-electron chi connectivity index (χ2n) is 5.43. The van der Waals surface area contributed by atoms with Gasteiger partial charge in [0.15, 0.2) is 5.82 Å². The Labute approximate surface area is 139 Å². The summed E-state index contributed by atoms with van der Waals surface area (Å²) in [5.41, 5.74) is 1.06. The third-order valence-electron chi connectivity index (χ3n) is 3.73. The number of hydrogen-bond donors (Lipinski definition) is 1. The smallest absolute Gasteiger partial charge is 0.257 e. The number of anilines is 1. The van der Waals surface area contributed by atoms with Crippen LogP contribution in [0.4, 0.5) is 5.82 Å². The lowest BCUT2D eigenvalue weighted by atomic mass is 10.2. The quantitative estimate of drug-likeness (QED) is 0.875. The molecule has 6 nitrogen and oxygen atoms in total. The first-order valence-electron chi connectivity index (χ1n) is 7.75. The molecule has 122 valence electrons. The molecule has 2 aromatic rings. The van der Waals surface area contributed by atoms with Crippen molar-refractivity contribution in [3.8, 4) is 5.88 Å². The van der Waals surface area contributed by atoms with E-state index in [0.29, 0.717) is 18.9 Å². The van der Waals surface area contributed by atoms with Crippen LogP contribution in [0.1, 0.15) is 18.9 Å². The lowest BCUT2D eigenvalue weighted by molar-refractivity contribution is -0.121. The van der Waals surface area contributed by atoms with E-state index in [1.54, 1.807) is 23.7 Å². The third-order valence-corrected chi connectivity index (χ3v) is 4.46. The van der Waals surface area contributed by atoms with Crippen molar-refractivity contribution in [1.29, 1.82) is 0 Å². The van der Waals surface area contributed by atoms with Crippen LogP contribution < -0.4 is 15.0 Å². The zero-order valence-electron chi connectivity index (χ0n) is 13.1. The molecule has 1 aliphatic heterocycles. The molecule has 1 atom stereocenters. The second-order valence-corrected chi connectivity index (χ2v) is 6.21. The molecule has 3 heterocycles. The molecule has 23 heavy (non-hydrogen) atoms. The first-order valence-corrected chi connectivity index (χ1v) is 8.69. The van der Waals surface area contributed by atoms with Crippen LogP contribution in [0.5, 0.6) is 5.88 Å². The molecule has 0 saturated carbocycles. The number of hydrogen-bond acceptors (Lipinski definition) is 6. The Morgan fingerprint density at radius 1 is 1.48 bits per heavy atom. The van der Waals surface area contributed by atoms with Gasteiger partial charge in [-0.1, -0.05) is 0 Å². The number of carbonyl (C=O) groups excluding carboxylic acids is 1. The van der Waals surface area contributed by atoms with Gasteiger partial charge in [-0.25, -0.2) is 9.97 Å². The minimum atomic E-state index is 0.0689. The predicted molar refractivity (Wildman–Crippen MR) is 90.0 cm³/mol. The zero-order valence-corrected chi connectivity index (χ0v) is 13.9. The number of carbonyl (C=O) groups is 1. The van der Waals surface area contributed by atoms with E-state index >= 15 is 0 Å². The van der Waals surface area contributed by atoms with E-state index in [-0.39, 0.29) is 11.9 Å². The van der Waals surface area contributed by atoms with E-state index in [2.05, 4.69) is 20.2 Å². The Bertz CT molecular complexity index is 647. The molecule has 2 aromatic heterocycles. The van der Waals surface area contributed by atoms with Crippen LogP contribution in [-0.4, -0.2) is 41.6 Å². The summed E-state index contributed by atoms with van der Waals surface area (Å²) in [5, 5.41) is 7.10. The highest BCUT2D eigenvalue weighted by Gasteiger charge is 2.27. The summed E-state index contributed by atoms with van der Waals surface area (Å²) >= 11 is 1.61. The molecule has 0 bridgehead atoms. The van der Waals surface area contributed by atoms with Crippen molar-refractivity contribution < 1.29 is 9.53 Å². The van der Waals surface area contributed by atoms with E-state index in [9.17, 15) is 4.79 Å². The van der Waals surface area contributed by atoms with Gasteiger partial charge in [0, 0.05) is 31.5 Å². The van der Waals surface area contributed by atoms with Crippen molar-refractivity contribution in [2.24, 2.45) is 0 Å². The maximum Gasteiger partial charge on any atom is 0.257 e. The highest BCUT2D eigenvalue weighted by Crippen LogP contribution is 2.26. The van der Waals surface area contributed by atoms with Gasteiger partial charge in [-0.15, -0.1) is 0 Å². The van der Waals surface area contributed by atoms with Gasteiger partial charge in [0.1, 0.15) is 0 Å². The molecule has 1 unspecified atom stereocenters. The lowest BCUT2D eigenvalue weighted by Crippen LogP contribution is -2.38. The Morgan fingerprint density at radius 2 is 2.35 bits per heavy atom. The van der Waals surface area contributed by atoms with Crippen molar-refractivity contribution in [2.45, 2.75) is 25.8 Å². The first kappa shape index (κ1) is 15.7. The molecule has 0 radical (unpaired) electrons. The van der Waals surface area contributed by atoms with Gasteiger partial charge >= 0.3 is 0 Å². The fourth-order valence-electron chi connectivity index (χ4n) is 2.70. The summed E-state index contributed by atoms with van der Waals surface area (Å²) in [6, 6.07) is 2.12. The lowest BCUT2D eigenvalue weighted by Gasteiger charge is -2.19. The number of aromatic nitrogens is 2. The van der Waals surface area contributed by atoms with Crippen LogP contribution in [0, 0.1) is 0 Å². The zero-order chi connectivity index (χ0) is 16.1. The predicted octanol–water partition coefficient (Wildman–Crippen LogP) is 1.87. The second kappa shape index (κ2) is 7.41. The number of nitrogens with one attached hydrogen (secondary N) is 1. The average Bonchev–Trinajstić information content (AvgIpc) is 3.20. The summed E-state index contributed by atoms with van der Waals surface area (Å²) < 4.78 is 5.53.